The van der Waals surface area contributed by atoms with Crippen molar-refractivity contribution in [3.8, 4) is 0 Å². The molecule has 0 radical (unpaired) electrons. The summed E-state index contributed by atoms with van der Waals surface area (Å²) in [5.74, 6) is 0.320. The molecular weight excluding hydrogens is 202 g/mol. The maximum atomic E-state index is 12.1. The van der Waals surface area contributed by atoms with E-state index < -0.39 is 0 Å². The summed E-state index contributed by atoms with van der Waals surface area (Å²) in [5, 5.41) is 7.07. The molecule has 16 heavy (non-hydrogen) atoms. The van der Waals surface area contributed by atoms with Gasteiger partial charge >= 0.3 is 0 Å². The number of likely N-dealkylation sites (tertiary alicyclic amines) is 1. The first-order valence-corrected chi connectivity index (χ1v) is 5.91. The number of aromatic amines is 1. The average molecular weight is 221 g/mol. The molecule has 0 aromatic carbocycles. The van der Waals surface area contributed by atoms with Crippen molar-refractivity contribution < 1.29 is 4.79 Å². The van der Waals surface area contributed by atoms with Gasteiger partial charge in [0, 0.05) is 12.5 Å². The van der Waals surface area contributed by atoms with Gasteiger partial charge in [0.2, 0.25) is 5.91 Å². The maximum absolute atomic E-state index is 12.1. The number of nitrogens with zero attached hydrogens (tertiary/aromatic N) is 2. The largest absolute Gasteiger partial charge is 0.334 e. The summed E-state index contributed by atoms with van der Waals surface area (Å²) in [6.07, 6.45) is 3.95. The summed E-state index contributed by atoms with van der Waals surface area (Å²) in [7, 11) is 0. The molecule has 4 nitrogen and oxygen atoms in total. The van der Waals surface area contributed by atoms with Crippen LogP contribution in [0.1, 0.15) is 44.0 Å². The smallest absolute Gasteiger partial charge is 0.225 e. The topological polar surface area (TPSA) is 49.0 Å². The summed E-state index contributed by atoms with van der Waals surface area (Å²) < 4.78 is 0. The molecule has 88 valence electrons. The van der Waals surface area contributed by atoms with Crippen molar-refractivity contribution in [1.29, 1.82) is 0 Å². The van der Waals surface area contributed by atoms with E-state index >= 15 is 0 Å². The third-order valence-corrected chi connectivity index (χ3v) is 3.23. The van der Waals surface area contributed by atoms with E-state index in [1.807, 2.05) is 31.9 Å². The van der Waals surface area contributed by atoms with Crippen LogP contribution in [-0.2, 0) is 4.79 Å². The third kappa shape index (κ3) is 1.84. The summed E-state index contributed by atoms with van der Waals surface area (Å²) >= 11 is 0. The standard InChI is InChI=1S/C12H19N3O/c1-8(2)12(16)15-6-4-5-10(15)11-9(3)7-13-14-11/h7-8,10H,4-6H2,1-3H3,(H,13,14)/t10-/m1/s1. The van der Waals surface area contributed by atoms with Gasteiger partial charge in [-0.25, -0.2) is 0 Å². The number of aryl methyl sites for hydroxylation is 1. The highest BCUT2D eigenvalue weighted by molar-refractivity contribution is 5.78. The average Bonchev–Trinajstić information content (AvgIpc) is 2.84. The van der Waals surface area contributed by atoms with E-state index in [2.05, 4.69) is 10.2 Å². The Hall–Kier alpha value is -1.32. The minimum atomic E-state index is 0.0730. The van der Waals surface area contributed by atoms with E-state index in [1.165, 1.54) is 0 Å². The molecule has 2 rings (SSSR count). The van der Waals surface area contributed by atoms with Crippen molar-refractivity contribution in [2.24, 2.45) is 5.92 Å². The van der Waals surface area contributed by atoms with E-state index in [1.54, 1.807) is 0 Å². The van der Waals surface area contributed by atoms with E-state index in [9.17, 15) is 4.79 Å². The molecule has 1 aromatic heterocycles. The molecule has 1 aromatic rings. The second-order valence-electron chi connectivity index (χ2n) is 4.81. The second-order valence-corrected chi connectivity index (χ2v) is 4.81. The van der Waals surface area contributed by atoms with Crippen LogP contribution in [0.3, 0.4) is 0 Å². The van der Waals surface area contributed by atoms with Crippen LogP contribution in [0.2, 0.25) is 0 Å². The van der Waals surface area contributed by atoms with Crippen LogP contribution in [0.15, 0.2) is 6.20 Å². The number of aromatic nitrogens is 2. The van der Waals surface area contributed by atoms with Crippen molar-refractivity contribution in [1.82, 2.24) is 15.1 Å². The van der Waals surface area contributed by atoms with Gasteiger partial charge in [0.05, 0.1) is 17.9 Å². The Labute approximate surface area is 96.0 Å². The molecule has 1 atom stereocenters. The number of hydrogen-bond acceptors (Lipinski definition) is 2. The lowest BCUT2D eigenvalue weighted by molar-refractivity contribution is -0.135. The van der Waals surface area contributed by atoms with Gasteiger partial charge in [0.1, 0.15) is 0 Å². The lowest BCUT2D eigenvalue weighted by Gasteiger charge is -2.26. The number of carbonyl (C=O) groups is 1. The Morgan fingerprint density at radius 3 is 2.94 bits per heavy atom. The fourth-order valence-corrected chi connectivity index (χ4v) is 2.36. The Balaban J connectivity index is 2.22. The fourth-order valence-electron chi connectivity index (χ4n) is 2.36. The normalized spacial score (nSPS) is 20.8. The van der Waals surface area contributed by atoms with Crippen LogP contribution >= 0.6 is 0 Å². The molecule has 0 bridgehead atoms. The van der Waals surface area contributed by atoms with Gasteiger partial charge in [-0.1, -0.05) is 13.8 Å². The Morgan fingerprint density at radius 1 is 1.62 bits per heavy atom. The Morgan fingerprint density at radius 2 is 2.38 bits per heavy atom. The number of hydrogen-bond donors (Lipinski definition) is 1. The zero-order valence-corrected chi connectivity index (χ0v) is 10.2. The van der Waals surface area contributed by atoms with E-state index in [0.717, 1.165) is 30.6 Å². The molecule has 0 unspecified atom stereocenters. The lowest BCUT2D eigenvalue weighted by atomic mass is 10.1. The summed E-state index contributed by atoms with van der Waals surface area (Å²) in [4.78, 5) is 14.0. The molecule has 1 N–H and O–H groups in total. The van der Waals surface area contributed by atoms with Crippen LogP contribution in [-0.4, -0.2) is 27.5 Å². The highest BCUT2D eigenvalue weighted by Crippen LogP contribution is 2.33. The number of rotatable bonds is 2. The van der Waals surface area contributed by atoms with Crippen molar-refractivity contribution in [3.63, 3.8) is 0 Å². The Kier molecular flexibility index (Phi) is 2.99. The zero-order valence-electron chi connectivity index (χ0n) is 10.2. The van der Waals surface area contributed by atoms with Crippen LogP contribution in [0.4, 0.5) is 0 Å². The third-order valence-electron chi connectivity index (χ3n) is 3.23. The molecule has 0 spiro atoms. The molecule has 1 aliphatic rings. The van der Waals surface area contributed by atoms with Gasteiger partial charge in [-0.05, 0) is 25.3 Å². The van der Waals surface area contributed by atoms with Gasteiger partial charge in [0.25, 0.3) is 0 Å². The predicted octanol–water partition coefficient (Wildman–Crippen LogP) is 2.04. The van der Waals surface area contributed by atoms with Gasteiger partial charge in [-0.15, -0.1) is 0 Å². The number of nitrogens with one attached hydrogen (secondary N) is 1. The second kappa shape index (κ2) is 4.28. The number of H-pyrrole nitrogens is 1. The quantitative estimate of drug-likeness (QED) is 0.830. The first-order chi connectivity index (χ1) is 7.61. The fraction of sp³-hybridized carbons (Fsp3) is 0.667. The molecule has 2 heterocycles. The SMILES string of the molecule is Cc1cn[nH]c1[C@H]1CCCN1C(=O)C(C)C. The van der Waals surface area contributed by atoms with Gasteiger partial charge in [-0.2, -0.15) is 5.10 Å². The first kappa shape index (κ1) is 11.2. The molecule has 0 saturated carbocycles. The van der Waals surface area contributed by atoms with Crippen molar-refractivity contribution >= 4 is 5.91 Å². The van der Waals surface area contributed by atoms with Gasteiger partial charge < -0.3 is 4.90 Å². The first-order valence-electron chi connectivity index (χ1n) is 5.91. The molecule has 1 aliphatic heterocycles. The van der Waals surface area contributed by atoms with Crippen LogP contribution in [0.5, 0.6) is 0 Å². The maximum Gasteiger partial charge on any atom is 0.225 e. The molecule has 1 saturated heterocycles. The van der Waals surface area contributed by atoms with E-state index in [0.29, 0.717) is 0 Å². The molecule has 4 heteroatoms. The minimum absolute atomic E-state index is 0.0730. The molecular formula is C12H19N3O. The predicted molar refractivity (Wildman–Crippen MR) is 61.9 cm³/mol. The van der Waals surface area contributed by atoms with Crippen molar-refractivity contribution in [2.45, 2.75) is 39.7 Å². The van der Waals surface area contributed by atoms with Crippen molar-refractivity contribution in [2.75, 3.05) is 6.54 Å². The highest BCUT2D eigenvalue weighted by atomic mass is 16.2. The van der Waals surface area contributed by atoms with Crippen LogP contribution in [0, 0.1) is 12.8 Å². The van der Waals surface area contributed by atoms with Gasteiger partial charge in [-0.3, -0.25) is 9.89 Å². The lowest BCUT2D eigenvalue weighted by Crippen LogP contribution is -2.34. The minimum Gasteiger partial charge on any atom is -0.334 e. The summed E-state index contributed by atoms with van der Waals surface area (Å²) in [5.41, 5.74) is 2.25. The summed E-state index contributed by atoms with van der Waals surface area (Å²) in [6, 6.07) is 0.206. The van der Waals surface area contributed by atoms with Gasteiger partial charge in [0.15, 0.2) is 0 Å². The molecule has 0 aliphatic carbocycles. The highest BCUT2D eigenvalue weighted by Gasteiger charge is 2.32. The van der Waals surface area contributed by atoms with Crippen LogP contribution < -0.4 is 0 Å². The zero-order chi connectivity index (χ0) is 11.7. The van der Waals surface area contributed by atoms with Crippen LogP contribution in [0.25, 0.3) is 0 Å². The van der Waals surface area contributed by atoms with Crippen molar-refractivity contribution in [3.05, 3.63) is 17.5 Å². The molecule has 1 amide bonds. The monoisotopic (exact) mass is 221 g/mol. The van der Waals surface area contributed by atoms with E-state index in [4.69, 9.17) is 0 Å². The summed E-state index contributed by atoms with van der Waals surface area (Å²) in [6.45, 7) is 6.82. The molecule has 1 fully saturated rings. The Bertz CT molecular complexity index is 383. The van der Waals surface area contributed by atoms with E-state index in [-0.39, 0.29) is 17.9 Å². The number of carbonyl (C=O) groups excluding carboxylic acids is 1. The number of amides is 1.